The van der Waals surface area contributed by atoms with Crippen molar-refractivity contribution in [1.29, 1.82) is 0 Å². The average molecular weight is 294 g/mol. The van der Waals surface area contributed by atoms with E-state index in [0.29, 0.717) is 10.6 Å². The number of benzene rings is 1. The van der Waals surface area contributed by atoms with E-state index < -0.39 is 17.7 Å². The Bertz CT molecular complexity index is 592. The molecule has 1 aliphatic rings. The number of carboxylic acids is 1. The van der Waals surface area contributed by atoms with Crippen molar-refractivity contribution in [3.05, 3.63) is 40.4 Å². The minimum Gasteiger partial charge on any atom is -0.481 e. The zero-order chi connectivity index (χ0) is 14.7. The van der Waals surface area contributed by atoms with Crippen molar-refractivity contribution in [2.24, 2.45) is 0 Å². The molecule has 1 amide bonds. The van der Waals surface area contributed by atoms with Crippen LogP contribution in [-0.4, -0.2) is 40.8 Å². The van der Waals surface area contributed by atoms with Gasteiger partial charge in [-0.2, -0.15) is 0 Å². The molecule has 0 unspecified atom stereocenters. The molecule has 0 aromatic heterocycles. The number of rotatable bonds is 4. The van der Waals surface area contributed by atoms with Crippen molar-refractivity contribution >= 4 is 35.3 Å². The lowest BCUT2D eigenvalue weighted by atomic mass is 10.1. The van der Waals surface area contributed by atoms with Gasteiger partial charge in [-0.05, 0) is 23.8 Å². The van der Waals surface area contributed by atoms with Crippen molar-refractivity contribution in [2.75, 3.05) is 13.1 Å². The molecule has 1 N–H and O–H groups in total. The van der Waals surface area contributed by atoms with E-state index in [4.69, 9.17) is 16.7 Å². The van der Waals surface area contributed by atoms with Gasteiger partial charge in [0, 0.05) is 17.1 Å². The highest BCUT2D eigenvalue weighted by Crippen LogP contribution is 2.18. The number of likely N-dealkylation sites (tertiary alicyclic amines) is 1. The van der Waals surface area contributed by atoms with Crippen molar-refractivity contribution < 1.29 is 19.5 Å². The Kier molecular flexibility index (Phi) is 4.20. The van der Waals surface area contributed by atoms with E-state index in [-0.39, 0.29) is 19.5 Å². The van der Waals surface area contributed by atoms with Gasteiger partial charge in [0.15, 0.2) is 0 Å². The molecule has 2 rings (SSSR count). The van der Waals surface area contributed by atoms with E-state index in [1.165, 1.54) is 4.90 Å². The van der Waals surface area contributed by atoms with Gasteiger partial charge in [-0.1, -0.05) is 23.7 Å². The smallest absolute Gasteiger partial charge is 0.305 e. The predicted molar refractivity (Wildman–Crippen MR) is 73.3 cm³/mol. The lowest BCUT2D eigenvalue weighted by molar-refractivity contribution is -0.141. The SMILES string of the molecule is O=C(O)CCN1CC(=Cc2ccc(Cl)cc2)C(=O)C1=O. The highest BCUT2D eigenvalue weighted by Gasteiger charge is 2.33. The Hall–Kier alpha value is -2.14. The summed E-state index contributed by atoms with van der Waals surface area (Å²) in [5.74, 6) is -2.22. The molecule has 20 heavy (non-hydrogen) atoms. The molecule has 0 spiro atoms. The van der Waals surface area contributed by atoms with Crippen molar-refractivity contribution in [3.8, 4) is 0 Å². The molecule has 1 saturated heterocycles. The van der Waals surface area contributed by atoms with Crippen molar-refractivity contribution in [3.63, 3.8) is 0 Å². The van der Waals surface area contributed by atoms with Gasteiger partial charge in [0.25, 0.3) is 5.91 Å². The topological polar surface area (TPSA) is 74.7 Å². The average Bonchev–Trinajstić information content (AvgIpc) is 2.67. The number of aliphatic carboxylic acids is 1. The third-order valence-electron chi connectivity index (χ3n) is 2.94. The Morgan fingerprint density at radius 3 is 2.55 bits per heavy atom. The quantitative estimate of drug-likeness (QED) is 0.676. The lowest BCUT2D eigenvalue weighted by Crippen LogP contribution is -2.29. The Labute approximate surface area is 120 Å². The number of carbonyl (C=O) groups is 3. The van der Waals surface area contributed by atoms with Gasteiger partial charge >= 0.3 is 5.97 Å². The summed E-state index contributed by atoms with van der Waals surface area (Å²) in [6.07, 6.45) is 1.45. The van der Waals surface area contributed by atoms with Crippen LogP contribution in [0.3, 0.4) is 0 Å². The molecule has 1 aromatic rings. The number of carboxylic acid groups (broad SMARTS) is 1. The van der Waals surface area contributed by atoms with Crippen LogP contribution in [0.15, 0.2) is 29.8 Å². The second-order valence-corrected chi connectivity index (χ2v) is 4.86. The number of hydrogen-bond acceptors (Lipinski definition) is 3. The van der Waals surface area contributed by atoms with Crippen LogP contribution in [0.2, 0.25) is 5.02 Å². The van der Waals surface area contributed by atoms with E-state index in [9.17, 15) is 14.4 Å². The minimum atomic E-state index is -1.000. The van der Waals surface area contributed by atoms with Gasteiger partial charge in [0.2, 0.25) is 5.78 Å². The molecule has 6 heteroatoms. The maximum atomic E-state index is 11.8. The number of amides is 1. The first-order valence-corrected chi connectivity index (χ1v) is 6.36. The summed E-state index contributed by atoms with van der Waals surface area (Å²) in [6.45, 7) is 0.186. The summed E-state index contributed by atoms with van der Waals surface area (Å²) < 4.78 is 0. The van der Waals surface area contributed by atoms with E-state index in [1.54, 1.807) is 30.3 Å². The predicted octanol–water partition coefficient (Wildman–Crippen LogP) is 1.61. The lowest BCUT2D eigenvalue weighted by Gasteiger charge is -2.11. The first-order chi connectivity index (χ1) is 9.47. The summed E-state index contributed by atoms with van der Waals surface area (Å²) in [6, 6.07) is 6.87. The fourth-order valence-electron chi connectivity index (χ4n) is 1.91. The van der Waals surface area contributed by atoms with Gasteiger partial charge in [-0.15, -0.1) is 0 Å². The Morgan fingerprint density at radius 1 is 1.30 bits per heavy atom. The molecule has 0 aliphatic carbocycles. The second kappa shape index (κ2) is 5.88. The van der Waals surface area contributed by atoms with Crippen LogP contribution in [0, 0.1) is 0 Å². The van der Waals surface area contributed by atoms with E-state index in [2.05, 4.69) is 0 Å². The molecular formula is C14H12ClNO4. The maximum absolute atomic E-state index is 11.8. The molecule has 1 fully saturated rings. The van der Waals surface area contributed by atoms with Gasteiger partial charge < -0.3 is 10.0 Å². The summed E-state index contributed by atoms with van der Waals surface area (Å²) in [4.78, 5) is 35.2. The van der Waals surface area contributed by atoms with Crippen LogP contribution in [-0.2, 0) is 14.4 Å². The van der Waals surface area contributed by atoms with E-state index in [1.807, 2.05) is 0 Å². The maximum Gasteiger partial charge on any atom is 0.305 e. The summed E-state index contributed by atoms with van der Waals surface area (Å²) in [5.41, 5.74) is 1.13. The van der Waals surface area contributed by atoms with Crippen LogP contribution in [0.25, 0.3) is 6.08 Å². The van der Waals surface area contributed by atoms with Crippen LogP contribution < -0.4 is 0 Å². The third kappa shape index (κ3) is 3.24. The normalized spacial score (nSPS) is 17.1. The first-order valence-electron chi connectivity index (χ1n) is 5.99. The van der Waals surface area contributed by atoms with Gasteiger partial charge in [0.05, 0.1) is 13.0 Å². The monoisotopic (exact) mass is 293 g/mol. The molecule has 0 saturated carbocycles. The van der Waals surface area contributed by atoms with Crippen LogP contribution >= 0.6 is 11.6 Å². The standard InChI is InChI=1S/C14H12ClNO4/c15-11-3-1-9(2-4-11)7-10-8-16(6-5-12(17)18)14(20)13(10)19/h1-4,7H,5-6,8H2,(H,17,18). The Balaban J connectivity index is 2.13. The summed E-state index contributed by atoms with van der Waals surface area (Å²) in [5, 5.41) is 9.19. The molecule has 1 heterocycles. The number of carbonyl (C=O) groups excluding carboxylic acids is 2. The van der Waals surface area contributed by atoms with Gasteiger partial charge in [-0.3, -0.25) is 14.4 Å². The van der Waals surface area contributed by atoms with Gasteiger partial charge in [-0.25, -0.2) is 0 Å². The summed E-state index contributed by atoms with van der Waals surface area (Å²) in [7, 11) is 0. The van der Waals surface area contributed by atoms with E-state index >= 15 is 0 Å². The van der Waals surface area contributed by atoms with Crippen molar-refractivity contribution in [2.45, 2.75) is 6.42 Å². The summed E-state index contributed by atoms with van der Waals surface area (Å²) >= 11 is 5.77. The fraction of sp³-hybridized carbons (Fsp3) is 0.214. The van der Waals surface area contributed by atoms with Crippen LogP contribution in [0.4, 0.5) is 0 Å². The van der Waals surface area contributed by atoms with Crippen LogP contribution in [0.5, 0.6) is 0 Å². The third-order valence-corrected chi connectivity index (χ3v) is 3.19. The largest absolute Gasteiger partial charge is 0.481 e. The minimum absolute atomic E-state index is 0.0395. The highest BCUT2D eigenvalue weighted by atomic mass is 35.5. The molecule has 0 radical (unpaired) electrons. The molecule has 1 aliphatic heterocycles. The van der Waals surface area contributed by atoms with Crippen LogP contribution in [0.1, 0.15) is 12.0 Å². The highest BCUT2D eigenvalue weighted by molar-refractivity contribution is 6.46. The van der Waals surface area contributed by atoms with Gasteiger partial charge in [0.1, 0.15) is 0 Å². The number of halogens is 1. The molecule has 1 aromatic carbocycles. The molecule has 0 atom stereocenters. The number of nitrogens with zero attached hydrogens (tertiary/aromatic N) is 1. The molecule has 104 valence electrons. The molecule has 0 bridgehead atoms. The zero-order valence-electron chi connectivity index (χ0n) is 10.5. The molecular weight excluding hydrogens is 282 g/mol. The number of Topliss-reactive ketones (excluding diaryl/α,β-unsaturated/α-hetero) is 1. The van der Waals surface area contributed by atoms with Crippen molar-refractivity contribution in [1.82, 2.24) is 4.90 Å². The zero-order valence-corrected chi connectivity index (χ0v) is 11.3. The first kappa shape index (κ1) is 14.3. The number of hydrogen-bond donors (Lipinski definition) is 1. The molecule has 5 nitrogen and oxygen atoms in total. The van der Waals surface area contributed by atoms with E-state index in [0.717, 1.165) is 5.56 Å². The fourth-order valence-corrected chi connectivity index (χ4v) is 2.04. The number of ketones is 1. The second-order valence-electron chi connectivity index (χ2n) is 4.42. The Morgan fingerprint density at radius 2 is 1.95 bits per heavy atom.